The maximum Gasteiger partial charge on any atom is 0.265 e. The van der Waals surface area contributed by atoms with Crippen LogP contribution in [0.1, 0.15) is 27.9 Å². The van der Waals surface area contributed by atoms with E-state index in [2.05, 4.69) is 15.7 Å². The van der Waals surface area contributed by atoms with Crippen LogP contribution in [0.4, 0.5) is 11.4 Å². The molecule has 0 saturated carbocycles. The molecule has 2 aromatic heterocycles. The Morgan fingerprint density at radius 1 is 1.03 bits per heavy atom. The second-order valence-corrected chi connectivity index (χ2v) is 8.83. The van der Waals surface area contributed by atoms with E-state index in [-0.39, 0.29) is 11.8 Å². The lowest BCUT2D eigenvalue weighted by atomic mass is 10.2. The first-order chi connectivity index (χ1) is 14.8. The van der Waals surface area contributed by atoms with E-state index >= 15 is 0 Å². The van der Waals surface area contributed by atoms with Crippen LogP contribution in [-0.2, 0) is 11.3 Å². The summed E-state index contributed by atoms with van der Waals surface area (Å²) in [5, 5.41) is 12.2. The molecule has 0 saturated heterocycles. The molecule has 0 radical (unpaired) electrons. The Hall–Kier alpha value is -2.87. The van der Waals surface area contributed by atoms with Crippen LogP contribution in [0.2, 0.25) is 10.0 Å². The van der Waals surface area contributed by atoms with E-state index in [1.165, 1.54) is 18.3 Å². The number of nitrogens with one attached hydrogen (secondary N) is 2. The number of amides is 2. The molecular formula is C22H18Cl2N4O2S. The molecule has 2 N–H and O–H groups in total. The molecule has 4 rings (SSSR count). The second-order valence-electron chi connectivity index (χ2n) is 6.99. The van der Waals surface area contributed by atoms with Crippen LogP contribution >= 0.6 is 34.5 Å². The lowest BCUT2D eigenvalue weighted by Crippen LogP contribution is -2.10. The van der Waals surface area contributed by atoms with Gasteiger partial charge < -0.3 is 10.6 Å². The molecule has 0 atom stereocenters. The van der Waals surface area contributed by atoms with Crippen molar-refractivity contribution < 1.29 is 9.59 Å². The lowest BCUT2D eigenvalue weighted by molar-refractivity contribution is -0.114. The second kappa shape index (κ2) is 8.70. The van der Waals surface area contributed by atoms with Crippen molar-refractivity contribution in [2.45, 2.75) is 20.4 Å². The summed E-state index contributed by atoms with van der Waals surface area (Å²) in [5.41, 5.74) is 2.92. The number of hydrogen-bond acceptors (Lipinski definition) is 4. The summed E-state index contributed by atoms with van der Waals surface area (Å²) in [6, 6.07) is 14.2. The molecule has 0 aliphatic rings. The predicted octanol–water partition coefficient (Wildman–Crippen LogP) is 5.97. The van der Waals surface area contributed by atoms with Gasteiger partial charge in [-0.1, -0.05) is 29.3 Å². The minimum absolute atomic E-state index is 0.149. The van der Waals surface area contributed by atoms with Gasteiger partial charge in [0.15, 0.2) is 0 Å². The van der Waals surface area contributed by atoms with Crippen LogP contribution in [0.25, 0.3) is 10.2 Å². The van der Waals surface area contributed by atoms with E-state index < -0.39 is 0 Å². The van der Waals surface area contributed by atoms with Crippen molar-refractivity contribution in [2.24, 2.45) is 0 Å². The van der Waals surface area contributed by atoms with Gasteiger partial charge in [-0.15, -0.1) is 11.3 Å². The van der Waals surface area contributed by atoms with Gasteiger partial charge >= 0.3 is 0 Å². The maximum atomic E-state index is 12.8. The molecule has 0 fully saturated rings. The first kappa shape index (κ1) is 21.4. The minimum atomic E-state index is -0.213. The summed E-state index contributed by atoms with van der Waals surface area (Å²) in [6.07, 6.45) is 0. The molecule has 2 aromatic carbocycles. The molecule has 0 bridgehead atoms. The zero-order chi connectivity index (χ0) is 22.1. The smallest absolute Gasteiger partial charge is 0.265 e. The van der Waals surface area contributed by atoms with Gasteiger partial charge in [-0.2, -0.15) is 5.10 Å². The zero-order valence-corrected chi connectivity index (χ0v) is 19.0. The predicted molar refractivity (Wildman–Crippen MR) is 127 cm³/mol. The van der Waals surface area contributed by atoms with Gasteiger partial charge in [-0.3, -0.25) is 9.59 Å². The van der Waals surface area contributed by atoms with Crippen molar-refractivity contribution in [3.05, 3.63) is 74.7 Å². The van der Waals surface area contributed by atoms with Crippen molar-refractivity contribution in [1.82, 2.24) is 9.78 Å². The van der Waals surface area contributed by atoms with Crippen LogP contribution < -0.4 is 10.6 Å². The molecule has 0 aliphatic carbocycles. The Balaban J connectivity index is 1.57. The molecular weight excluding hydrogens is 455 g/mol. The quantitative estimate of drug-likeness (QED) is 0.375. The highest BCUT2D eigenvalue weighted by atomic mass is 35.5. The fourth-order valence-electron chi connectivity index (χ4n) is 3.20. The molecule has 0 spiro atoms. The summed E-state index contributed by atoms with van der Waals surface area (Å²) in [7, 11) is 0. The first-order valence-corrected chi connectivity index (χ1v) is 11.0. The van der Waals surface area contributed by atoms with Gasteiger partial charge in [0.2, 0.25) is 5.91 Å². The van der Waals surface area contributed by atoms with Crippen molar-refractivity contribution in [1.29, 1.82) is 0 Å². The number of fused-ring (bicyclic) bond motifs is 1. The van der Waals surface area contributed by atoms with E-state index in [0.717, 1.165) is 21.5 Å². The number of aryl methyl sites for hydroxylation is 1. The molecule has 2 heterocycles. The highest BCUT2D eigenvalue weighted by Crippen LogP contribution is 2.32. The number of benzene rings is 2. The topological polar surface area (TPSA) is 76.0 Å². The Morgan fingerprint density at radius 3 is 2.26 bits per heavy atom. The number of nitrogens with zero attached hydrogens (tertiary/aromatic N) is 2. The lowest BCUT2D eigenvalue weighted by Gasteiger charge is -2.07. The Kier molecular flexibility index (Phi) is 6.00. The van der Waals surface area contributed by atoms with Gasteiger partial charge in [0, 0.05) is 39.3 Å². The molecule has 158 valence electrons. The Bertz CT molecular complexity index is 1270. The largest absolute Gasteiger partial charge is 0.326 e. The molecule has 0 aliphatic heterocycles. The molecule has 31 heavy (non-hydrogen) atoms. The number of carbonyl (C=O) groups excluding carboxylic acids is 2. The third-order valence-electron chi connectivity index (χ3n) is 4.66. The fraction of sp³-hybridized carbons (Fsp3) is 0.136. The minimum Gasteiger partial charge on any atom is -0.326 e. The highest BCUT2D eigenvalue weighted by Gasteiger charge is 2.18. The van der Waals surface area contributed by atoms with E-state index in [4.69, 9.17) is 23.2 Å². The molecule has 4 aromatic rings. The maximum absolute atomic E-state index is 12.8. The van der Waals surface area contributed by atoms with Crippen molar-refractivity contribution in [3.63, 3.8) is 0 Å². The van der Waals surface area contributed by atoms with Gasteiger partial charge in [-0.25, -0.2) is 4.68 Å². The molecule has 2 amide bonds. The molecule has 6 nitrogen and oxygen atoms in total. The number of halogens is 2. The summed E-state index contributed by atoms with van der Waals surface area (Å²) in [4.78, 5) is 25.4. The number of anilines is 2. The SMILES string of the molecule is CC(=O)Nc1ccc(NC(=O)c2cc3c(C)nn(Cc4c(Cl)cccc4Cl)c3s2)cc1. The van der Waals surface area contributed by atoms with Crippen LogP contribution in [0.5, 0.6) is 0 Å². The van der Waals surface area contributed by atoms with Crippen molar-refractivity contribution >= 4 is 67.9 Å². The molecule has 9 heteroatoms. The molecule has 0 unspecified atom stereocenters. The first-order valence-electron chi connectivity index (χ1n) is 9.40. The number of aromatic nitrogens is 2. The van der Waals surface area contributed by atoms with Gasteiger partial charge in [0.1, 0.15) is 4.83 Å². The summed E-state index contributed by atoms with van der Waals surface area (Å²) in [6.45, 7) is 3.76. The normalized spacial score (nSPS) is 11.0. The number of rotatable bonds is 5. The van der Waals surface area contributed by atoms with E-state index in [9.17, 15) is 9.59 Å². The van der Waals surface area contributed by atoms with E-state index in [1.807, 2.05) is 17.7 Å². The third-order valence-corrected chi connectivity index (χ3v) is 6.52. The number of hydrogen-bond donors (Lipinski definition) is 2. The monoisotopic (exact) mass is 472 g/mol. The average molecular weight is 473 g/mol. The Morgan fingerprint density at radius 2 is 1.65 bits per heavy atom. The number of thiophene rings is 1. The standard InChI is InChI=1S/C22H18Cl2N4O2S/c1-12-16-10-20(21(30)26-15-8-6-14(7-9-15)25-13(2)29)31-22(16)28(27-12)11-17-18(23)4-3-5-19(17)24/h3-10H,11H2,1-2H3,(H,25,29)(H,26,30). The van der Waals surface area contributed by atoms with E-state index in [0.29, 0.717) is 32.8 Å². The van der Waals surface area contributed by atoms with Crippen molar-refractivity contribution in [2.75, 3.05) is 10.6 Å². The van der Waals surface area contributed by atoms with Gasteiger partial charge in [-0.05, 0) is 49.4 Å². The Labute approximate surface area is 192 Å². The van der Waals surface area contributed by atoms with Crippen LogP contribution in [0.15, 0.2) is 48.5 Å². The van der Waals surface area contributed by atoms with Gasteiger partial charge in [0.25, 0.3) is 5.91 Å². The number of carbonyl (C=O) groups is 2. The summed E-state index contributed by atoms with van der Waals surface area (Å²) < 4.78 is 1.82. The average Bonchev–Trinajstić information content (AvgIpc) is 3.27. The van der Waals surface area contributed by atoms with Crippen LogP contribution in [0.3, 0.4) is 0 Å². The summed E-state index contributed by atoms with van der Waals surface area (Å²) in [5.74, 6) is -0.361. The third kappa shape index (κ3) is 4.58. The zero-order valence-electron chi connectivity index (χ0n) is 16.7. The van der Waals surface area contributed by atoms with E-state index in [1.54, 1.807) is 42.5 Å². The van der Waals surface area contributed by atoms with Gasteiger partial charge in [0.05, 0.1) is 17.1 Å². The highest BCUT2D eigenvalue weighted by molar-refractivity contribution is 7.20. The van der Waals surface area contributed by atoms with Crippen LogP contribution in [0, 0.1) is 6.92 Å². The summed E-state index contributed by atoms with van der Waals surface area (Å²) >= 11 is 14.0. The van der Waals surface area contributed by atoms with Crippen molar-refractivity contribution in [3.8, 4) is 0 Å². The van der Waals surface area contributed by atoms with Crippen LogP contribution in [-0.4, -0.2) is 21.6 Å². The fourth-order valence-corrected chi connectivity index (χ4v) is 4.77.